The van der Waals surface area contributed by atoms with Crippen LogP contribution in [0.2, 0.25) is 5.02 Å². The highest BCUT2D eigenvalue weighted by atomic mass is 35.5. The third kappa shape index (κ3) is 4.62. The second-order valence-corrected chi connectivity index (χ2v) is 12.1. The molecule has 3 N–H and O–H groups in total. The molecule has 1 aliphatic heterocycles. The lowest BCUT2D eigenvalue weighted by Crippen LogP contribution is -2.40. The van der Waals surface area contributed by atoms with Crippen molar-refractivity contribution in [3.05, 3.63) is 82.0 Å². The summed E-state index contributed by atoms with van der Waals surface area (Å²) in [7, 11) is 0. The number of nitrogens with one attached hydrogen (secondary N) is 1. The molecule has 2 fully saturated rings. The molecule has 2 amide bonds. The Kier molecular flexibility index (Phi) is 6.04. The van der Waals surface area contributed by atoms with Crippen LogP contribution in [0.5, 0.6) is 5.75 Å². The highest BCUT2D eigenvalue weighted by molar-refractivity contribution is 6.31. The first-order chi connectivity index (χ1) is 19.7. The zero-order valence-corrected chi connectivity index (χ0v) is 23.2. The number of nitrogens with zero attached hydrogens (tertiary/aromatic N) is 3. The molecule has 1 aromatic carbocycles. The van der Waals surface area contributed by atoms with Crippen molar-refractivity contribution in [2.45, 2.75) is 49.9 Å². The van der Waals surface area contributed by atoms with Gasteiger partial charge in [-0.1, -0.05) is 11.6 Å². The molecule has 41 heavy (non-hydrogen) atoms. The van der Waals surface area contributed by atoms with Crippen molar-refractivity contribution in [2.24, 2.45) is 11.7 Å². The Labute approximate surface area is 241 Å². The predicted octanol–water partition coefficient (Wildman–Crippen LogP) is 5.13. The summed E-state index contributed by atoms with van der Waals surface area (Å²) in [6.07, 6.45) is 6.16. The molecular weight excluding hydrogens is 545 g/mol. The van der Waals surface area contributed by atoms with Gasteiger partial charge in [-0.2, -0.15) is 5.10 Å². The summed E-state index contributed by atoms with van der Waals surface area (Å²) in [6, 6.07) is 11.9. The minimum atomic E-state index is -1.05. The van der Waals surface area contributed by atoms with E-state index >= 15 is 0 Å². The van der Waals surface area contributed by atoms with E-state index in [-0.39, 0.29) is 23.5 Å². The van der Waals surface area contributed by atoms with Crippen LogP contribution in [-0.4, -0.2) is 39.6 Å². The Morgan fingerprint density at radius 1 is 1.20 bits per heavy atom. The number of carbonyl (C=O) groups is 2. The molecule has 10 heteroatoms. The van der Waals surface area contributed by atoms with Gasteiger partial charge in [0.2, 0.25) is 5.91 Å². The van der Waals surface area contributed by atoms with Crippen LogP contribution in [-0.2, 0) is 10.2 Å². The van der Waals surface area contributed by atoms with Crippen molar-refractivity contribution in [3.63, 3.8) is 0 Å². The van der Waals surface area contributed by atoms with Crippen LogP contribution in [0.3, 0.4) is 0 Å². The van der Waals surface area contributed by atoms with E-state index < -0.39 is 17.1 Å². The van der Waals surface area contributed by atoms with Gasteiger partial charge >= 0.3 is 0 Å². The second kappa shape index (κ2) is 9.55. The quantitative estimate of drug-likeness (QED) is 0.304. The van der Waals surface area contributed by atoms with Gasteiger partial charge in [0.05, 0.1) is 16.2 Å². The number of aromatic nitrogens is 3. The number of amides is 2. The van der Waals surface area contributed by atoms with E-state index in [1.807, 2.05) is 22.8 Å². The molecule has 2 aliphatic carbocycles. The molecule has 8 nitrogen and oxygen atoms in total. The van der Waals surface area contributed by atoms with Crippen molar-refractivity contribution in [3.8, 4) is 17.0 Å². The minimum absolute atomic E-state index is 0.0375. The van der Waals surface area contributed by atoms with Crippen LogP contribution in [0.4, 0.5) is 4.39 Å². The number of benzene rings is 1. The zero-order chi connectivity index (χ0) is 28.5. The van der Waals surface area contributed by atoms with Gasteiger partial charge in [0, 0.05) is 47.0 Å². The number of ether oxygens (including phenoxy) is 1. The number of carbonyl (C=O) groups excluding carboxylic acids is 2. The van der Waals surface area contributed by atoms with Crippen LogP contribution < -0.4 is 15.8 Å². The van der Waals surface area contributed by atoms with E-state index in [0.29, 0.717) is 46.5 Å². The first kappa shape index (κ1) is 26.0. The summed E-state index contributed by atoms with van der Waals surface area (Å²) in [5.74, 6) is -0.0254. The first-order valence-corrected chi connectivity index (χ1v) is 14.3. The largest absolute Gasteiger partial charge is 0.489 e. The minimum Gasteiger partial charge on any atom is -0.489 e. The zero-order valence-electron chi connectivity index (χ0n) is 22.5. The molecule has 0 spiro atoms. The number of hydrogen-bond donors (Lipinski definition) is 2. The molecular formula is C31H29ClFN5O3. The predicted molar refractivity (Wildman–Crippen MR) is 152 cm³/mol. The van der Waals surface area contributed by atoms with Gasteiger partial charge in [0.15, 0.2) is 0 Å². The van der Waals surface area contributed by atoms with Crippen molar-refractivity contribution in [2.75, 3.05) is 13.2 Å². The molecule has 3 aromatic heterocycles. The number of hydrogen-bond acceptors (Lipinski definition) is 5. The molecule has 3 aliphatic rings. The van der Waals surface area contributed by atoms with Gasteiger partial charge in [-0.05, 0) is 81.0 Å². The monoisotopic (exact) mass is 573 g/mol. The van der Waals surface area contributed by atoms with E-state index in [1.54, 1.807) is 19.1 Å². The molecule has 0 radical (unpaired) electrons. The molecule has 210 valence electrons. The fourth-order valence-corrected chi connectivity index (χ4v) is 5.87. The van der Waals surface area contributed by atoms with Crippen LogP contribution in [0.25, 0.3) is 16.8 Å². The molecule has 4 aromatic rings. The van der Waals surface area contributed by atoms with E-state index in [9.17, 15) is 14.0 Å². The van der Waals surface area contributed by atoms with Crippen molar-refractivity contribution >= 4 is 28.9 Å². The number of rotatable bonds is 8. The van der Waals surface area contributed by atoms with Crippen LogP contribution >= 0.6 is 11.6 Å². The topological polar surface area (TPSA) is 112 Å². The van der Waals surface area contributed by atoms with Gasteiger partial charge in [0.1, 0.15) is 29.3 Å². The Morgan fingerprint density at radius 3 is 2.71 bits per heavy atom. The highest BCUT2D eigenvalue weighted by Gasteiger charge is 2.45. The fourth-order valence-electron chi connectivity index (χ4n) is 5.69. The van der Waals surface area contributed by atoms with E-state index in [1.165, 1.54) is 12.1 Å². The third-order valence-corrected chi connectivity index (χ3v) is 8.91. The maximum Gasteiger partial charge on any atom is 0.251 e. The van der Waals surface area contributed by atoms with Crippen molar-refractivity contribution < 1.29 is 18.7 Å². The Morgan fingerprint density at radius 2 is 2.00 bits per heavy atom. The molecule has 0 saturated heterocycles. The average molecular weight is 574 g/mol. The van der Waals surface area contributed by atoms with E-state index in [0.717, 1.165) is 42.6 Å². The fraction of sp³-hybridized carbons (Fsp3) is 0.355. The summed E-state index contributed by atoms with van der Waals surface area (Å²) in [4.78, 5) is 30.8. The summed E-state index contributed by atoms with van der Waals surface area (Å²) in [6.45, 7) is 2.20. The molecule has 7 rings (SSSR count). The summed E-state index contributed by atoms with van der Waals surface area (Å²) in [5, 5.41) is 7.69. The molecule has 0 bridgehead atoms. The molecule has 0 unspecified atom stereocenters. The standard InChI is InChI=1S/C31H29ClFN5O3/c1-31(30(34)40)15-41-28-22(31)13-26(36-27(28)18-6-7-24(33)23(32)11-18)21(16-2-3-16)14-35-29(39)19-8-9-38-20(10-19)12-25(37-38)17-4-5-17/h6-13,16-17,21H,2-5,14-15H2,1H3,(H2,34,40)(H,35,39)/t21-,31-/m0/s1. The van der Waals surface area contributed by atoms with Crippen LogP contribution in [0.15, 0.2) is 48.7 Å². The Bertz CT molecular complexity index is 1730. The third-order valence-electron chi connectivity index (χ3n) is 8.62. The maximum atomic E-state index is 14.0. The number of halogens is 2. The molecule has 2 atom stereocenters. The number of fused-ring (bicyclic) bond motifs is 2. The van der Waals surface area contributed by atoms with Crippen LogP contribution in [0, 0.1) is 11.7 Å². The lowest BCUT2D eigenvalue weighted by molar-refractivity contribution is -0.123. The van der Waals surface area contributed by atoms with Gasteiger partial charge in [-0.3, -0.25) is 9.59 Å². The first-order valence-electron chi connectivity index (χ1n) is 13.9. The maximum absolute atomic E-state index is 14.0. The smallest absolute Gasteiger partial charge is 0.251 e. The summed E-state index contributed by atoms with van der Waals surface area (Å²) >= 11 is 6.11. The van der Waals surface area contributed by atoms with E-state index in [4.69, 9.17) is 27.1 Å². The Hall–Kier alpha value is -3.98. The number of primary amides is 1. The highest BCUT2D eigenvalue weighted by Crippen LogP contribution is 2.48. The lowest BCUT2D eigenvalue weighted by atomic mass is 9.82. The summed E-state index contributed by atoms with van der Waals surface area (Å²) < 4.78 is 21.8. The van der Waals surface area contributed by atoms with Gasteiger partial charge < -0.3 is 15.8 Å². The Balaban J connectivity index is 1.21. The van der Waals surface area contributed by atoms with E-state index in [2.05, 4.69) is 16.5 Å². The van der Waals surface area contributed by atoms with Gasteiger partial charge in [0.25, 0.3) is 5.91 Å². The van der Waals surface area contributed by atoms with Gasteiger partial charge in [-0.15, -0.1) is 0 Å². The molecule has 2 saturated carbocycles. The normalized spacial score (nSPS) is 20.5. The van der Waals surface area contributed by atoms with Crippen LogP contribution in [0.1, 0.15) is 71.8 Å². The number of nitrogens with two attached hydrogens (primary N) is 1. The van der Waals surface area contributed by atoms with Crippen molar-refractivity contribution in [1.29, 1.82) is 0 Å². The average Bonchev–Trinajstić information content (AvgIpc) is 3.90. The number of pyridine rings is 2. The second-order valence-electron chi connectivity index (χ2n) is 11.7. The summed E-state index contributed by atoms with van der Waals surface area (Å²) in [5.41, 5.74) is 9.71. The molecule has 4 heterocycles. The SMILES string of the molecule is C[C@]1(C(N)=O)COc2c1cc([C@@H](CNC(=O)c1ccn3nc(C4CC4)cc3c1)C1CC1)nc2-c1ccc(F)c(Cl)c1. The van der Waals surface area contributed by atoms with Crippen molar-refractivity contribution in [1.82, 2.24) is 19.9 Å². The van der Waals surface area contributed by atoms with Gasteiger partial charge in [-0.25, -0.2) is 13.9 Å². The lowest BCUT2D eigenvalue weighted by Gasteiger charge is -2.22.